The smallest absolute Gasteiger partial charge is 0.0435 e. The van der Waals surface area contributed by atoms with E-state index in [1.54, 1.807) is 0 Å². The van der Waals surface area contributed by atoms with E-state index >= 15 is 0 Å². The number of fused-ring (bicyclic) bond motifs is 4. The lowest BCUT2D eigenvalue weighted by Crippen LogP contribution is -2.30. The van der Waals surface area contributed by atoms with Gasteiger partial charge in [0, 0.05) is 9.84 Å². The molecule has 0 bridgehead atoms. The fourth-order valence-corrected chi connectivity index (χ4v) is 5.39. The van der Waals surface area contributed by atoms with E-state index in [4.69, 9.17) is 0 Å². The summed E-state index contributed by atoms with van der Waals surface area (Å²) in [7, 11) is 0. The molecular formula is C29H23I. The van der Waals surface area contributed by atoms with Crippen LogP contribution in [0.5, 0.6) is 0 Å². The molecule has 1 atom stereocenters. The summed E-state index contributed by atoms with van der Waals surface area (Å²) < 4.78 is 0.980. The molecule has 0 radical (unpaired) electrons. The maximum absolute atomic E-state index is 3.89. The molecule has 4 aromatic carbocycles. The van der Waals surface area contributed by atoms with Gasteiger partial charge in [-0.2, -0.15) is 0 Å². The van der Waals surface area contributed by atoms with Crippen LogP contribution in [-0.2, 0) is 5.41 Å². The van der Waals surface area contributed by atoms with Crippen LogP contribution in [0.1, 0.15) is 23.6 Å². The summed E-state index contributed by atoms with van der Waals surface area (Å²) in [5.41, 5.74) is 6.63. The largest absolute Gasteiger partial charge is 0.0990 e. The van der Waals surface area contributed by atoms with Crippen LogP contribution in [-0.4, -0.2) is 4.43 Å². The molecule has 1 heteroatoms. The van der Waals surface area contributed by atoms with E-state index in [0.29, 0.717) is 0 Å². The maximum atomic E-state index is 3.89. The van der Waals surface area contributed by atoms with Gasteiger partial charge in [0.2, 0.25) is 0 Å². The Morgan fingerprint density at radius 1 is 0.800 bits per heavy atom. The first-order valence-corrected chi connectivity index (χ1v) is 11.8. The number of hydrogen-bond acceptors (Lipinski definition) is 0. The molecule has 0 saturated heterocycles. The van der Waals surface area contributed by atoms with Gasteiger partial charge in [-0.3, -0.25) is 0 Å². The Bertz CT molecular complexity index is 1410. The molecule has 146 valence electrons. The Kier molecular flexibility index (Phi) is 4.86. The van der Waals surface area contributed by atoms with Crippen molar-refractivity contribution in [2.45, 2.75) is 12.3 Å². The summed E-state index contributed by atoms with van der Waals surface area (Å²) in [5.74, 6) is 0. The van der Waals surface area contributed by atoms with Crippen molar-refractivity contribution < 1.29 is 0 Å². The number of rotatable bonds is 3. The number of alkyl halides is 1. The lowest BCUT2D eigenvalue weighted by Gasteiger charge is -2.28. The topological polar surface area (TPSA) is 0 Å². The zero-order chi connectivity index (χ0) is 20.7. The Morgan fingerprint density at radius 2 is 1.53 bits per heavy atom. The van der Waals surface area contributed by atoms with Crippen LogP contribution in [0, 0.1) is 0 Å². The standard InChI is InChI=1S/C29H23I/c1-3-8-20-13-14-24(17-23(20)15-16-30)29(2)27-12-7-6-11-25(27)26-18-21-9-4-5-10-22(21)19-28(26)29/h3-15,17-19H,1,16H2,2H3/b20-8-,23-15-. The van der Waals surface area contributed by atoms with Gasteiger partial charge in [-0.1, -0.05) is 114 Å². The second-order valence-electron chi connectivity index (χ2n) is 8.02. The molecule has 0 spiro atoms. The SMILES string of the molecule is C=C/C=c1/ccc(C2(C)c3ccccc3-c3cc4ccccc4cc32)c/c1=C/CI. The van der Waals surface area contributed by atoms with Gasteiger partial charge in [0.25, 0.3) is 0 Å². The summed E-state index contributed by atoms with van der Waals surface area (Å²) in [6, 6.07) is 29.2. The van der Waals surface area contributed by atoms with Gasteiger partial charge in [0.05, 0.1) is 0 Å². The Hall–Kier alpha value is -2.65. The van der Waals surface area contributed by atoms with Crippen molar-refractivity contribution in [2.75, 3.05) is 4.43 Å². The van der Waals surface area contributed by atoms with E-state index in [0.717, 1.165) is 4.43 Å². The zero-order valence-electron chi connectivity index (χ0n) is 17.0. The Balaban J connectivity index is 1.86. The van der Waals surface area contributed by atoms with Crippen molar-refractivity contribution in [2.24, 2.45) is 0 Å². The molecule has 0 heterocycles. The molecule has 0 fully saturated rings. The van der Waals surface area contributed by atoms with Crippen molar-refractivity contribution in [3.8, 4) is 11.1 Å². The van der Waals surface area contributed by atoms with Gasteiger partial charge >= 0.3 is 0 Å². The minimum atomic E-state index is -0.184. The van der Waals surface area contributed by atoms with Gasteiger partial charge in [-0.25, -0.2) is 0 Å². The molecule has 5 rings (SSSR count). The highest BCUT2D eigenvalue weighted by atomic mass is 127. The highest BCUT2D eigenvalue weighted by Gasteiger charge is 2.40. The van der Waals surface area contributed by atoms with Gasteiger partial charge in [0.1, 0.15) is 0 Å². The van der Waals surface area contributed by atoms with E-state index in [1.807, 2.05) is 6.08 Å². The molecule has 1 aliphatic carbocycles. The fourth-order valence-electron chi connectivity index (χ4n) is 4.91. The molecule has 30 heavy (non-hydrogen) atoms. The molecule has 1 aliphatic rings. The van der Waals surface area contributed by atoms with Crippen LogP contribution >= 0.6 is 22.6 Å². The predicted molar refractivity (Wildman–Crippen MR) is 139 cm³/mol. The van der Waals surface area contributed by atoms with Crippen molar-refractivity contribution in [1.29, 1.82) is 0 Å². The first kappa shape index (κ1) is 19.3. The van der Waals surface area contributed by atoms with Gasteiger partial charge in [-0.15, -0.1) is 0 Å². The normalized spacial score (nSPS) is 18.5. The first-order chi connectivity index (χ1) is 14.7. The third kappa shape index (κ3) is 2.87. The molecular weight excluding hydrogens is 475 g/mol. The predicted octanol–water partition coefficient (Wildman–Crippen LogP) is 6.36. The lowest BCUT2D eigenvalue weighted by atomic mass is 9.73. The highest BCUT2D eigenvalue weighted by molar-refractivity contribution is 14.1. The van der Waals surface area contributed by atoms with Crippen molar-refractivity contribution in [3.05, 3.63) is 119 Å². The van der Waals surface area contributed by atoms with Gasteiger partial charge in [0.15, 0.2) is 0 Å². The molecule has 0 aliphatic heterocycles. The second-order valence-corrected chi connectivity index (χ2v) is 8.90. The minimum absolute atomic E-state index is 0.184. The molecule has 0 nitrogen and oxygen atoms in total. The number of allylic oxidation sites excluding steroid dienone is 1. The molecule has 0 aromatic heterocycles. The summed E-state index contributed by atoms with van der Waals surface area (Å²) in [4.78, 5) is 0. The summed E-state index contributed by atoms with van der Waals surface area (Å²) >= 11 is 2.41. The summed E-state index contributed by atoms with van der Waals surface area (Å²) in [6.07, 6.45) is 6.26. The minimum Gasteiger partial charge on any atom is -0.0990 e. The monoisotopic (exact) mass is 498 g/mol. The molecule has 1 unspecified atom stereocenters. The van der Waals surface area contributed by atoms with Crippen molar-refractivity contribution in [3.63, 3.8) is 0 Å². The van der Waals surface area contributed by atoms with E-state index < -0.39 is 0 Å². The lowest BCUT2D eigenvalue weighted by molar-refractivity contribution is 0.713. The van der Waals surface area contributed by atoms with Crippen molar-refractivity contribution in [1.82, 2.24) is 0 Å². The van der Waals surface area contributed by atoms with Crippen LogP contribution in [0.2, 0.25) is 0 Å². The molecule has 0 N–H and O–H groups in total. The first-order valence-electron chi connectivity index (χ1n) is 10.3. The molecule has 0 amide bonds. The second kappa shape index (κ2) is 7.55. The average molecular weight is 498 g/mol. The van der Waals surface area contributed by atoms with Gasteiger partial charge in [-0.05, 0) is 68.1 Å². The number of hydrogen-bond donors (Lipinski definition) is 0. The van der Waals surface area contributed by atoms with E-state index in [9.17, 15) is 0 Å². The van der Waals surface area contributed by atoms with Crippen LogP contribution in [0.25, 0.3) is 34.1 Å². The highest BCUT2D eigenvalue weighted by Crippen LogP contribution is 2.52. The van der Waals surface area contributed by atoms with E-state index in [2.05, 4.69) is 127 Å². The van der Waals surface area contributed by atoms with E-state index in [-0.39, 0.29) is 5.41 Å². The quantitative estimate of drug-likeness (QED) is 0.228. The summed E-state index contributed by atoms with van der Waals surface area (Å²) in [5, 5.41) is 5.09. The molecule has 4 aromatic rings. The number of benzene rings is 4. The van der Waals surface area contributed by atoms with Crippen molar-refractivity contribution >= 4 is 45.5 Å². The molecule has 0 saturated carbocycles. The van der Waals surface area contributed by atoms with Crippen LogP contribution in [0.15, 0.2) is 91.5 Å². The fraction of sp³-hybridized carbons (Fsp3) is 0.103. The Labute approximate surface area is 191 Å². The maximum Gasteiger partial charge on any atom is 0.0435 e. The summed E-state index contributed by atoms with van der Waals surface area (Å²) in [6.45, 7) is 6.27. The third-order valence-electron chi connectivity index (χ3n) is 6.44. The average Bonchev–Trinajstić information content (AvgIpc) is 3.03. The number of halogens is 1. The Morgan fingerprint density at radius 3 is 2.30 bits per heavy atom. The van der Waals surface area contributed by atoms with Crippen LogP contribution in [0.4, 0.5) is 0 Å². The van der Waals surface area contributed by atoms with E-state index in [1.165, 1.54) is 49.0 Å². The van der Waals surface area contributed by atoms with Crippen LogP contribution in [0.3, 0.4) is 0 Å². The third-order valence-corrected chi connectivity index (χ3v) is 6.88. The zero-order valence-corrected chi connectivity index (χ0v) is 19.2. The van der Waals surface area contributed by atoms with Crippen LogP contribution < -0.4 is 10.4 Å². The van der Waals surface area contributed by atoms with Gasteiger partial charge < -0.3 is 0 Å².